The standard InChI is InChI=1S/C19H17BO6/c1-9-15(20-2)19-14(18(23)16(9)21)11(8-26-19)17(22)10-5-6-12(24-3)13(7-10)25-4/h5-8,20H,1-4H3. The number of hydrogen-bond donors (Lipinski definition) is 0. The lowest BCUT2D eigenvalue weighted by molar-refractivity contribution is -0.111. The van der Waals surface area contributed by atoms with E-state index in [0.29, 0.717) is 41.1 Å². The van der Waals surface area contributed by atoms with Crippen LogP contribution in [0.25, 0.3) is 5.47 Å². The number of hydrogen-bond acceptors (Lipinski definition) is 6. The zero-order valence-corrected chi connectivity index (χ0v) is 15.0. The molecule has 0 N–H and O–H groups in total. The molecular formula is C19H17BO6. The molecule has 0 saturated carbocycles. The number of methoxy groups -OCH3 is 2. The molecule has 1 aromatic heterocycles. The highest BCUT2D eigenvalue weighted by atomic mass is 16.5. The zero-order valence-electron chi connectivity index (χ0n) is 15.0. The Balaban J connectivity index is 2.12. The molecule has 0 fully saturated rings. The zero-order chi connectivity index (χ0) is 19.0. The first-order valence-electron chi connectivity index (χ1n) is 8.11. The van der Waals surface area contributed by atoms with Crippen LogP contribution < -0.4 is 9.47 Å². The molecule has 0 aliphatic heterocycles. The fourth-order valence-corrected chi connectivity index (χ4v) is 3.12. The number of fused-ring (bicyclic) bond motifs is 1. The molecule has 0 saturated heterocycles. The summed E-state index contributed by atoms with van der Waals surface area (Å²) in [6.07, 6.45) is 1.24. The van der Waals surface area contributed by atoms with Crippen LogP contribution in [0.5, 0.6) is 11.5 Å². The van der Waals surface area contributed by atoms with Crippen molar-refractivity contribution in [3.05, 3.63) is 52.5 Å². The third kappa shape index (κ3) is 2.56. The third-order valence-corrected chi connectivity index (χ3v) is 4.54. The van der Waals surface area contributed by atoms with Crippen molar-refractivity contribution >= 4 is 30.1 Å². The van der Waals surface area contributed by atoms with Crippen LogP contribution in [-0.2, 0) is 4.79 Å². The van der Waals surface area contributed by atoms with Crippen LogP contribution in [-0.4, -0.2) is 38.8 Å². The lowest BCUT2D eigenvalue weighted by Gasteiger charge is -2.14. The van der Waals surface area contributed by atoms with Crippen molar-refractivity contribution in [2.24, 2.45) is 0 Å². The second-order valence-corrected chi connectivity index (χ2v) is 5.87. The van der Waals surface area contributed by atoms with Gasteiger partial charge >= 0.3 is 0 Å². The molecule has 1 aromatic carbocycles. The fraction of sp³-hybridized carbons (Fsp3) is 0.211. The van der Waals surface area contributed by atoms with Gasteiger partial charge in [0.1, 0.15) is 12.0 Å². The van der Waals surface area contributed by atoms with E-state index in [1.54, 1.807) is 19.1 Å². The maximum atomic E-state index is 12.9. The summed E-state index contributed by atoms with van der Waals surface area (Å²) in [6.45, 7) is 3.46. The Bertz CT molecular complexity index is 966. The predicted octanol–water partition coefficient (Wildman–Crippen LogP) is 2.51. The number of furan rings is 1. The van der Waals surface area contributed by atoms with Gasteiger partial charge in [0.2, 0.25) is 11.6 Å². The van der Waals surface area contributed by atoms with Gasteiger partial charge in [0.05, 0.1) is 25.3 Å². The van der Waals surface area contributed by atoms with Gasteiger partial charge in [-0.05, 0) is 36.2 Å². The Kier molecular flexibility index (Phi) is 4.55. The van der Waals surface area contributed by atoms with Gasteiger partial charge in [0.25, 0.3) is 0 Å². The molecule has 1 aliphatic carbocycles. The molecule has 0 radical (unpaired) electrons. The highest BCUT2D eigenvalue weighted by molar-refractivity contribution is 6.66. The summed E-state index contributed by atoms with van der Waals surface area (Å²) >= 11 is 0. The van der Waals surface area contributed by atoms with E-state index in [1.807, 2.05) is 6.82 Å². The highest BCUT2D eigenvalue weighted by Gasteiger charge is 2.36. The number of ketones is 3. The maximum absolute atomic E-state index is 12.9. The van der Waals surface area contributed by atoms with Gasteiger partial charge in [-0.15, -0.1) is 0 Å². The normalized spacial score (nSPS) is 13.5. The molecule has 0 amide bonds. The number of Topliss-reactive ketones (excluding diaryl/α,β-unsaturated/α-hetero) is 2. The number of allylic oxidation sites excluding steroid dienone is 1. The minimum absolute atomic E-state index is 0.0391. The first-order valence-corrected chi connectivity index (χ1v) is 8.11. The molecule has 2 aromatic rings. The SMILES string of the molecule is CBC1=C(C)C(=O)C(=O)c2c(C(=O)c3ccc(OC)c(OC)c3)coc21. The van der Waals surface area contributed by atoms with E-state index in [0.717, 1.165) is 0 Å². The summed E-state index contributed by atoms with van der Waals surface area (Å²) in [4.78, 5) is 37.7. The Labute approximate surface area is 151 Å². The molecule has 0 unspecified atom stereocenters. The van der Waals surface area contributed by atoms with Crippen molar-refractivity contribution in [3.8, 4) is 11.5 Å². The van der Waals surface area contributed by atoms with Gasteiger partial charge in [0, 0.05) is 5.56 Å². The van der Waals surface area contributed by atoms with E-state index in [4.69, 9.17) is 13.9 Å². The Morgan fingerprint density at radius 3 is 2.38 bits per heavy atom. The summed E-state index contributed by atoms with van der Waals surface area (Å²) in [5.41, 5.74) is 1.43. The summed E-state index contributed by atoms with van der Waals surface area (Å²) in [6, 6.07) is 4.70. The van der Waals surface area contributed by atoms with E-state index >= 15 is 0 Å². The first-order chi connectivity index (χ1) is 12.4. The molecule has 26 heavy (non-hydrogen) atoms. The van der Waals surface area contributed by atoms with Crippen LogP contribution in [0, 0.1) is 0 Å². The average molecular weight is 352 g/mol. The van der Waals surface area contributed by atoms with Crippen molar-refractivity contribution in [3.63, 3.8) is 0 Å². The number of ether oxygens (including phenoxy) is 2. The summed E-state index contributed by atoms with van der Waals surface area (Å²) in [5, 5.41) is 0. The largest absolute Gasteiger partial charge is 0.493 e. The van der Waals surface area contributed by atoms with Gasteiger partial charge < -0.3 is 13.9 Å². The molecule has 0 bridgehead atoms. The molecule has 3 rings (SSSR count). The van der Waals surface area contributed by atoms with Crippen molar-refractivity contribution in [2.75, 3.05) is 14.2 Å². The highest BCUT2D eigenvalue weighted by Crippen LogP contribution is 2.34. The van der Waals surface area contributed by atoms with Gasteiger partial charge in [-0.25, -0.2) is 0 Å². The molecule has 1 aliphatic rings. The van der Waals surface area contributed by atoms with Crippen molar-refractivity contribution in [1.82, 2.24) is 0 Å². The van der Waals surface area contributed by atoms with E-state index in [2.05, 4.69) is 0 Å². The summed E-state index contributed by atoms with van der Waals surface area (Å²) < 4.78 is 15.9. The summed E-state index contributed by atoms with van der Waals surface area (Å²) in [7, 11) is 3.49. The van der Waals surface area contributed by atoms with Crippen LogP contribution in [0.3, 0.4) is 0 Å². The van der Waals surface area contributed by atoms with E-state index < -0.39 is 17.3 Å². The second-order valence-electron chi connectivity index (χ2n) is 5.87. The lowest BCUT2D eigenvalue weighted by Crippen LogP contribution is -2.25. The van der Waals surface area contributed by atoms with Gasteiger partial charge in [-0.1, -0.05) is 6.82 Å². The Hall–Kier alpha value is -3.09. The minimum atomic E-state index is -0.715. The molecule has 7 heteroatoms. The Morgan fingerprint density at radius 2 is 1.77 bits per heavy atom. The van der Waals surface area contributed by atoms with Crippen molar-refractivity contribution in [2.45, 2.75) is 13.7 Å². The van der Waals surface area contributed by atoms with E-state index in [9.17, 15) is 14.4 Å². The van der Waals surface area contributed by atoms with Gasteiger partial charge in [-0.3, -0.25) is 14.4 Å². The smallest absolute Gasteiger partial charge is 0.237 e. The molecule has 0 spiro atoms. The molecular weight excluding hydrogens is 335 g/mol. The maximum Gasteiger partial charge on any atom is 0.237 e. The number of carbonyl (C=O) groups is 3. The third-order valence-electron chi connectivity index (χ3n) is 4.54. The van der Waals surface area contributed by atoms with E-state index in [1.165, 1.54) is 26.5 Å². The number of carbonyl (C=O) groups excluding carboxylic acids is 3. The number of rotatable bonds is 5. The van der Waals surface area contributed by atoms with Crippen LogP contribution >= 0.6 is 0 Å². The lowest BCUT2D eigenvalue weighted by atomic mass is 9.65. The quantitative estimate of drug-likeness (QED) is 0.467. The van der Waals surface area contributed by atoms with Crippen LogP contribution in [0.1, 0.15) is 39.0 Å². The van der Waals surface area contributed by atoms with Crippen LogP contribution in [0.2, 0.25) is 6.82 Å². The van der Waals surface area contributed by atoms with Crippen LogP contribution in [0.15, 0.2) is 34.5 Å². The topological polar surface area (TPSA) is 82.8 Å². The molecule has 0 atom stereocenters. The van der Waals surface area contributed by atoms with Crippen LogP contribution in [0.4, 0.5) is 0 Å². The second kappa shape index (κ2) is 6.67. The monoisotopic (exact) mass is 352 g/mol. The molecule has 132 valence electrons. The minimum Gasteiger partial charge on any atom is -0.493 e. The fourth-order valence-electron chi connectivity index (χ4n) is 3.12. The van der Waals surface area contributed by atoms with Crippen molar-refractivity contribution < 1.29 is 28.3 Å². The first kappa shape index (κ1) is 17.7. The Morgan fingerprint density at radius 1 is 1.08 bits per heavy atom. The van der Waals surface area contributed by atoms with Gasteiger partial charge in [0.15, 0.2) is 24.6 Å². The average Bonchev–Trinajstić information content (AvgIpc) is 3.10. The summed E-state index contributed by atoms with van der Waals surface area (Å²) in [5.74, 6) is -0.561. The molecule has 1 heterocycles. The van der Waals surface area contributed by atoms with E-state index in [-0.39, 0.29) is 11.1 Å². The van der Waals surface area contributed by atoms with Crippen molar-refractivity contribution in [1.29, 1.82) is 0 Å². The van der Waals surface area contributed by atoms with Gasteiger partial charge in [-0.2, -0.15) is 0 Å². The number of benzene rings is 1. The molecule has 6 nitrogen and oxygen atoms in total. The predicted molar refractivity (Wildman–Crippen MR) is 96.6 cm³/mol.